The zero-order valence-corrected chi connectivity index (χ0v) is 10.1. The number of rotatable bonds is 5. The van der Waals surface area contributed by atoms with Crippen LogP contribution in [-0.2, 0) is 9.53 Å². The van der Waals surface area contributed by atoms with Crippen LogP contribution in [0.4, 0.5) is 22.0 Å². The summed E-state index contributed by atoms with van der Waals surface area (Å²) >= 11 is 0. The number of alkyl halides is 5. The zero-order chi connectivity index (χ0) is 14.7. The van der Waals surface area contributed by atoms with E-state index in [9.17, 15) is 26.7 Å². The molecule has 2 atom stereocenters. The Kier molecular flexibility index (Phi) is 5.52. The highest BCUT2D eigenvalue weighted by Gasteiger charge is 2.59. The second-order valence-corrected chi connectivity index (χ2v) is 4.74. The van der Waals surface area contributed by atoms with Crippen molar-refractivity contribution < 1.29 is 36.6 Å². The SMILES string of the molecule is CC(C)(C)OC(=O)C(CO)(C(F)F)C(F)C(F)F. The first kappa shape index (κ1) is 17.1. The fraction of sp³-hybridized carbons (Fsp3) is 0.900. The van der Waals surface area contributed by atoms with Crippen LogP contribution in [0.5, 0.6) is 0 Å². The van der Waals surface area contributed by atoms with E-state index in [4.69, 9.17) is 5.11 Å². The van der Waals surface area contributed by atoms with Gasteiger partial charge in [0, 0.05) is 0 Å². The van der Waals surface area contributed by atoms with E-state index in [2.05, 4.69) is 4.74 Å². The Labute approximate surface area is 101 Å². The van der Waals surface area contributed by atoms with Crippen molar-refractivity contribution >= 4 is 5.97 Å². The number of carbonyl (C=O) groups excluding carboxylic acids is 1. The molecule has 0 radical (unpaired) electrons. The normalized spacial score (nSPS) is 17.7. The summed E-state index contributed by atoms with van der Waals surface area (Å²) in [6.07, 6.45) is -11.2. The molecule has 0 saturated heterocycles. The number of esters is 1. The molecule has 0 aliphatic rings. The minimum atomic E-state index is -3.83. The van der Waals surface area contributed by atoms with Crippen LogP contribution in [0.2, 0.25) is 0 Å². The third-order valence-corrected chi connectivity index (χ3v) is 2.14. The molecular formula is C10H15F5O3. The first-order valence-electron chi connectivity index (χ1n) is 5.03. The minimum Gasteiger partial charge on any atom is -0.459 e. The number of aliphatic hydroxyl groups is 1. The quantitative estimate of drug-likeness (QED) is 0.619. The first-order valence-corrected chi connectivity index (χ1v) is 5.03. The van der Waals surface area contributed by atoms with Crippen molar-refractivity contribution in [3.63, 3.8) is 0 Å². The molecule has 3 nitrogen and oxygen atoms in total. The maximum Gasteiger partial charge on any atom is 0.324 e. The molecule has 0 aliphatic heterocycles. The lowest BCUT2D eigenvalue weighted by Crippen LogP contribution is -2.54. The molecule has 0 aromatic rings. The van der Waals surface area contributed by atoms with E-state index < -0.39 is 42.6 Å². The number of hydrogen-bond acceptors (Lipinski definition) is 3. The average Bonchev–Trinajstić information content (AvgIpc) is 2.15. The highest BCUT2D eigenvalue weighted by atomic mass is 19.3. The van der Waals surface area contributed by atoms with Gasteiger partial charge in [0.05, 0.1) is 6.61 Å². The maximum atomic E-state index is 13.2. The van der Waals surface area contributed by atoms with Crippen molar-refractivity contribution in [3.8, 4) is 0 Å². The number of aliphatic hydroxyl groups excluding tert-OH is 1. The lowest BCUT2D eigenvalue weighted by atomic mass is 9.84. The molecule has 2 unspecified atom stereocenters. The fourth-order valence-corrected chi connectivity index (χ4v) is 1.14. The molecule has 18 heavy (non-hydrogen) atoms. The van der Waals surface area contributed by atoms with Gasteiger partial charge in [0.25, 0.3) is 12.9 Å². The number of ether oxygens (including phenoxy) is 1. The molecule has 0 spiro atoms. The lowest BCUT2D eigenvalue weighted by molar-refractivity contribution is -0.200. The number of carbonyl (C=O) groups is 1. The summed E-state index contributed by atoms with van der Waals surface area (Å²) in [7, 11) is 0. The summed E-state index contributed by atoms with van der Waals surface area (Å²) in [5, 5.41) is 8.78. The van der Waals surface area contributed by atoms with Crippen LogP contribution in [0.1, 0.15) is 20.8 Å². The summed E-state index contributed by atoms with van der Waals surface area (Å²) in [5.41, 5.74) is -4.84. The maximum absolute atomic E-state index is 13.2. The van der Waals surface area contributed by atoms with Gasteiger partial charge in [0.1, 0.15) is 5.60 Å². The molecule has 0 aromatic carbocycles. The van der Waals surface area contributed by atoms with Crippen LogP contribution in [0, 0.1) is 5.41 Å². The number of hydrogen-bond donors (Lipinski definition) is 1. The minimum absolute atomic E-state index is 1.27. The van der Waals surface area contributed by atoms with Crippen LogP contribution in [-0.4, -0.2) is 42.3 Å². The van der Waals surface area contributed by atoms with Gasteiger partial charge in [-0.05, 0) is 20.8 Å². The van der Waals surface area contributed by atoms with Crippen molar-refractivity contribution in [1.29, 1.82) is 0 Å². The van der Waals surface area contributed by atoms with Gasteiger partial charge in [-0.2, -0.15) is 0 Å². The Morgan fingerprint density at radius 3 is 1.83 bits per heavy atom. The fourth-order valence-electron chi connectivity index (χ4n) is 1.14. The molecule has 0 bridgehead atoms. The molecule has 0 fully saturated rings. The van der Waals surface area contributed by atoms with Crippen LogP contribution in [0.15, 0.2) is 0 Å². The molecule has 108 valence electrons. The molecule has 0 saturated carbocycles. The van der Waals surface area contributed by atoms with Crippen molar-refractivity contribution in [3.05, 3.63) is 0 Å². The van der Waals surface area contributed by atoms with Crippen molar-refractivity contribution in [1.82, 2.24) is 0 Å². The average molecular weight is 278 g/mol. The van der Waals surface area contributed by atoms with Gasteiger partial charge in [-0.15, -0.1) is 0 Å². The van der Waals surface area contributed by atoms with E-state index in [1.54, 1.807) is 0 Å². The van der Waals surface area contributed by atoms with Gasteiger partial charge >= 0.3 is 5.97 Å². The Hall–Kier alpha value is -0.920. The molecule has 0 heterocycles. The second kappa shape index (κ2) is 5.81. The number of halogens is 5. The molecule has 8 heteroatoms. The van der Waals surface area contributed by atoms with Crippen molar-refractivity contribution in [2.45, 2.75) is 45.4 Å². The summed E-state index contributed by atoms with van der Waals surface area (Å²) in [4.78, 5) is 11.5. The van der Waals surface area contributed by atoms with Crippen LogP contribution < -0.4 is 0 Å². The summed E-state index contributed by atoms with van der Waals surface area (Å²) < 4.78 is 67.7. The third kappa shape index (κ3) is 3.54. The Balaban J connectivity index is 5.40. The lowest BCUT2D eigenvalue weighted by Gasteiger charge is -2.34. The monoisotopic (exact) mass is 278 g/mol. The van der Waals surface area contributed by atoms with Gasteiger partial charge in [-0.25, -0.2) is 22.0 Å². The van der Waals surface area contributed by atoms with E-state index in [1.165, 1.54) is 20.8 Å². The van der Waals surface area contributed by atoms with Crippen molar-refractivity contribution in [2.24, 2.45) is 5.41 Å². The van der Waals surface area contributed by atoms with Crippen LogP contribution in [0.3, 0.4) is 0 Å². The van der Waals surface area contributed by atoms with E-state index in [0.717, 1.165) is 0 Å². The smallest absolute Gasteiger partial charge is 0.324 e. The molecule has 0 aromatic heterocycles. The zero-order valence-electron chi connectivity index (χ0n) is 10.1. The Morgan fingerprint density at radius 1 is 1.17 bits per heavy atom. The van der Waals surface area contributed by atoms with Crippen molar-refractivity contribution in [2.75, 3.05) is 6.61 Å². The highest BCUT2D eigenvalue weighted by Crippen LogP contribution is 2.37. The second-order valence-electron chi connectivity index (χ2n) is 4.74. The van der Waals surface area contributed by atoms with Gasteiger partial charge in [-0.3, -0.25) is 4.79 Å². The van der Waals surface area contributed by atoms with E-state index in [-0.39, 0.29) is 0 Å². The molecule has 1 N–H and O–H groups in total. The largest absolute Gasteiger partial charge is 0.459 e. The van der Waals surface area contributed by atoms with Gasteiger partial charge < -0.3 is 9.84 Å². The van der Waals surface area contributed by atoms with Crippen LogP contribution >= 0.6 is 0 Å². The Bertz CT molecular complexity index is 290. The van der Waals surface area contributed by atoms with E-state index in [0.29, 0.717) is 0 Å². The van der Waals surface area contributed by atoms with Gasteiger partial charge in [0.15, 0.2) is 11.6 Å². The summed E-state index contributed by atoms with van der Waals surface area (Å²) in [6.45, 7) is 2.13. The highest BCUT2D eigenvalue weighted by molar-refractivity contribution is 5.79. The van der Waals surface area contributed by atoms with Gasteiger partial charge in [-0.1, -0.05) is 0 Å². The predicted octanol–water partition coefficient (Wildman–Crippen LogP) is 2.18. The van der Waals surface area contributed by atoms with E-state index in [1.807, 2.05) is 0 Å². The van der Waals surface area contributed by atoms with Gasteiger partial charge in [0.2, 0.25) is 0 Å². The standard InChI is InChI=1S/C10H15F5O3/c1-9(2,3)18-8(17)10(4-16,7(14)15)5(11)6(12)13/h5-7,16H,4H2,1-3H3. The molecule has 0 rings (SSSR count). The predicted molar refractivity (Wildman–Crippen MR) is 52.3 cm³/mol. The molecular weight excluding hydrogens is 263 g/mol. The summed E-state index contributed by atoms with van der Waals surface area (Å²) in [5.74, 6) is -1.89. The van der Waals surface area contributed by atoms with Crippen LogP contribution in [0.25, 0.3) is 0 Å². The molecule has 0 aliphatic carbocycles. The third-order valence-electron chi connectivity index (χ3n) is 2.14. The molecule has 0 amide bonds. The topological polar surface area (TPSA) is 46.5 Å². The summed E-state index contributed by atoms with van der Waals surface area (Å²) in [6, 6.07) is 0. The van der Waals surface area contributed by atoms with E-state index >= 15 is 0 Å². The Morgan fingerprint density at radius 2 is 1.61 bits per heavy atom. The first-order chi connectivity index (χ1) is 7.99.